The number of rotatable bonds is 4. The van der Waals surface area contributed by atoms with E-state index in [1.54, 1.807) is 0 Å². The molecular formula is C17H31N3. The third kappa shape index (κ3) is 3.54. The molecule has 3 heteroatoms. The van der Waals surface area contributed by atoms with Crippen LogP contribution in [-0.4, -0.2) is 35.6 Å². The van der Waals surface area contributed by atoms with Gasteiger partial charge < -0.3 is 4.90 Å². The van der Waals surface area contributed by atoms with Crippen molar-refractivity contribution in [1.82, 2.24) is 10.2 Å². The highest BCUT2D eigenvalue weighted by atomic mass is 15.2. The highest BCUT2D eigenvalue weighted by Gasteiger charge is 2.42. The summed E-state index contributed by atoms with van der Waals surface area (Å²) in [7, 11) is 0. The molecule has 0 spiro atoms. The second kappa shape index (κ2) is 6.45. The normalized spacial score (nSPS) is 33.0. The van der Waals surface area contributed by atoms with Crippen LogP contribution in [0.3, 0.4) is 0 Å². The molecule has 1 N–H and O–H groups in total. The Morgan fingerprint density at radius 3 is 2.30 bits per heavy atom. The molecule has 1 saturated heterocycles. The molecule has 0 bridgehead atoms. The fraction of sp³-hybridized carbons (Fsp3) is 0.941. The summed E-state index contributed by atoms with van der Waals surface area (Å²) >= 11 is 0. The molecule has 0 aromatic rings. The molecule has 0 aromatic heterocycles. The number of hydrogen-bond donors (Lipinski definition) is 1. The van der Waals surface area contributed by atoms with E-state index in [9.17, 15) is 5.26 Å². The van der Waals surface area contributed by atoms with Crippen molar-refractivity contribution in [2.75, 3.05) is 13.1 Å². The van der Waals surface area contributed by atoms with Crippen molar-refractivity contribution in [3.8, 4) is 6.07 Å². The minimum absolute atomic E-state index is 0.270. The van der Waals surface area contributed by atoms with Crippen LogP contribution in [0.25, 0.3) is 0 Å². The van der Waals surface area contributed by atoms with Crippen LogP contribution in [0.1, 0.15) is 59.8 Å². The van der Waals surface area contributed by atoms with Crippen LogP contribution >= 0.6 is 0 Å². The number of hydrogen-bond acceptors (Lipinski definition) is 3. The van der Waals surface area contributed by atoms with E-state index in [4.69, 9.17) is 0 Å². The monoisotopic (exact) mass is 277 g/mol. The van der Waals surface area contributed by atoms with Crippen LogP contribution in [-0.2, 0) is 0 Å². The maximum Gasteiger partial charge on any atom is 0.108 e. The molecule has 2 aliphatic rings. The zero-order chi connectivity index (χ0) is 14.8. The molecule has 1 aliphatic carbocycles. The zero-order valence-electron chi connectivity index (χ0n) is 13.7. The lowest BCUT2D eigenvalue weighted by Crippen LogP contribution is -2.48. The Balaban J connectivity index is 1.89. The quantitative estimate of drug-likeness (QED) is 0.858. The minimum atomic E-state index is -0.270. The Kier molecular flexibility index (Phi) is 5.09. The van der Waals surface area contributed by atoms with E-state index in [2.05, 4.69) is 44.0 Å². The minimum Gasteiger partial charge on any atom is -0.300 e. The maximum absolute atomic E-state index is 9.57. The van der Waals surface area contributed by atoms with Gasteiger partial charge in [0.25, 0.3) is 0 Å². The standard InChI is InChI=1S/C17H31N3/c1-13(2)15-6-9-20(10-7-15)16-5-8-17(11-16,12-18)19-14(3)4/h13-16,19H,5-11H2,1-4H3. The smallest absolute Gasteiger partial charge is 0.108 e. The fourth-order valence-electron chi connectivity index (χ4n) is 4.10. The molecule has 0 amide bonds. The molecule has 1 aliphatic heterocycles. The summed E-state index contributed by atoms with van der Waals surface area (Å²) < 4.78 is 0. The van der Waals surface area contributed by atoms with Crippen molar-refractivity contribution < 1.29 is 0 Å². The molecule has 1 heterocycles. The largest absolute Gasteiger partial charge is 0.300 e. The van der Waals surface area contributed by atoms with Gasteiger partial charge in [-0.25, -0.2) is 0 Å². The topological polar surface area (TPSA) is 39.1 Å². The summed E-state index contributed by atoms with van der Waals surface area (Å²) in [4.78, 5) is 2.65. The molecule has 114 valence electrons. The van der Waals surface area contributed by atoms with Crippen LogP contribution in [0.4, 0.5) is 0 Å². The van der Waals surface area contributed by atoms with E-state index in [1.807, 2.05) is 0 Å². The third-order valence-electron chi connectivity index (χ3n) is 5.30. The van der Waals surface area contributed by atoms with E-state index in [0.29, 0.717) is 12.1 Å². The van der Waals surface area contributed by atoms with Crippen molar-refractivity contribution >= 4 is 0 Å². The van der Waals surface area contributed by atoms with Crippen LogP contribution in [0.2, 0.25) is 0 Å². The van der Waals surface area contributed by atoms with Crippen molar-refractivity contribution in [2.45, 2.75) is 77.4 Å². The predicted octanol–water partition coefficient (Wildman–Crippen LogP) is 3.17. The third-order valence-corrected chi connectivity index (χ3v) is 5.30. The second-order valence-corrected chi connectivity index (χ2v) is 7.51. The summed E-state index contributed by atoms with van der Waals surface area (Å²) in [6.45, 7) is 11.4. The molecular weight excluding hydrogens is 246 g/mol. The van der Waals surface area contributed by atoms with Gasteiger partial charge in [-0.15, -0.1) is 0 Å². The summed E-state index contributed by atoms with van der Waals surface area (Å²) in [6, 6.07) is 3.58. The SMILES string of the molecule is CC(C)NC1(C#N)CCC(N2CCC(C(C)C)CC2)C1. The first-order valence-electron chi connectivity index (χ1n) is 8.39. The molecule has 2 unspecified atom stereocenters. The second-order valence-electron chi connectivity index (χ2n) is 7.51. The number of likely N-dealkylation sites (tertiary alicyclic amines) is 1. The lowest BCUT2D eigenvalue weighted by Gasteiger charge is -2.38. The lowest BCUT2D eigenvalue weighted by molar-refractivity contribution is 0.113. The number of nitriles is 1. The van der Waals surface area contributed by atoms with Gasteiger partial charge in [0.1, 0.15) is 5.54 Å². The molecule has 2 atom stereocenters. The highest BCUT2D eigenvalue weighted by Crippen LogP contribution is 2.35. The van der Waals surface area contributed by atoms with Gasteiger partial charge in [-0.1, -0.05) is 13.8 Å². The van der Waals surface area contributed by atoms with Crippen LogP contribution in [0.5, 0.6) is 0 Å². The average molecular weight is 277 g/mol. The maximum atomic E-state index is 9.57. The van der Waals surface area contributed by atoms with Crippen LogP contribution in [0.15, 0.2) is 0 Å². The number of piperidine rings is 1. The van der Waals surface area contributed by atoms with Crippen molar-refractivity contribution in [3.05, 3.63) is 0 Å². The Morgan fingerprint density at radius 1 is 1.15 bits per heavy atom. The molecule has 0 aromatic carbocycles. The fourth-order valence-corrected chi connectivity index (χ4v) is 4.10. The Labute approximate surface area is 124 Å². The van der Waals surface area contributed by atoms with E-state index >= 15 is 0 Å². The van der Waals surface area contributed by atoms with E-state index in [1.165, 1.54) is 32.4 Å². The first-order valence-corrected chi connectivity index (χ1v) is 8.39. The van der Waals surface area contributed by atoms with E-state index in [0.717, 1.165) is 24.7 Å². The van der Waals surface area contributed by atoms with Gasteiger partial charge in [0, 0.05) is 12.1 Å². The molecule has 1 saturated carbocycles. The van der Waals surface area contributed by atoms with Gasteiger partial charge in [0.2, 0.25) is 0 Å². The van der Waals surface area contributed by atoms with Crippen molar-refractivity contribution in [3.63, 3.8) is 0 Å². The highest BCUT2D eigenvalue weighted by molar-refractivity contribution is 5.14. The zero-order valence-corrected chi connectivity index (χ0v) is 13.7. The van der Waals surface area contributed by atoms with Crippen molar-refractivity contribution in [2.24, 2.45) is 11.8 Å². The Morgan fingerprint density at radius 2 is 1.80 bits per heavy atom. The Bertz CT molecular complexity index is 350. The first-order chi connectivity index (χ1) is 9.46. The molecule has 20 heavy (non-hydrogen) atoms. The molecule has 2 rings (SSSR count). The van der Waals surface area contributed by atoms with Gasteiger partial charge in [-0.05, 0) is 70.9 Å². The summed E-state index contributed by atoms with van der Waals surface area (Å²) in [5.74, 6) is 1.73. The van der Waals surface area contributed by atoms with Gasteiger partial charge in [-0.2, -0.15) is 5.26 Å². The van der Waals surface area contributed by atoms with Gasteiger partial charge >= 0.3 is 0 Å². The van der Waals surface area contributed by atoms with E-state index < -0.39 is 0 Å². The number of nitrogens with zero attached hydrogens (tertiary/aromatic N) is 2. The first kappa shape index (κ1) is 15.8. The van der Waals surface area contributed by atoms with Gasteiger partial charge in [0.05, 0.1) is 6.07 Å². The molecule has 2 fully saturated rings. The summed E-state index contributed by atoms with van der Waals surface area (Å²) in [6.07, 6.45) is 5.88. The Hall–Kier alpha value is -0.590. The van der Waals surface area contributed by atoms with Crippen molar-refractivity contribution in [1.29, 1.82) is 5.26 Å². The summed E-state index contributed by atoms with van der Waals surface area (Å²) in [5, 5.41) is 13.1. The number of nitrogens with one attached hydrogen (secondary N) is 1. The predicted molar refractivity (Wildman–Crippen MR) is 83.4 cm³/mol. The van der Waals surface area contributed by atoms with Gasteiger partial charge in [0.15, 0.2) is 0 Å². The van der Waals surface area contributed by atoms with Gasteiger partial charge in [-0.3, -0.25) is 5.32 Å². The van der Waals surface area contributed by atoms with Crippen LogP contribution in [0, 0.1) is 23.2 Å². The molecule has 0 radical (unpaired) electrons. The average Bonchev–Trinajstić information content (AvgIpc) is 2.83. The van der Waals surface area contributed by atoms with Crippen LogP contribution < -0.4 is 5.32 Å². The lowest BCUT2D eigenvalue weighted by atomic mass is 9.86. The molecule has 3 nitrogen and oxygen atoms in total. The van der Waals surface area contributed by atoms with E-state index in [-0.39, 0.29) is 5.54 Å². The summed E-state index contributed by atoms with van der Waals surface area (Å²) in [5.41, 5.74) is -0.270.